The molecule has 0 radical (unpaired) electrons. The molecule has 1 atom stereocenters. The number of nitrogens with one attached hydrogen (secondary N) is 1. The summed E-state index contributed by atoms with van der Waals surface area (Å²) in [6, 6.07) is 8.52. The first kappa shape index (κ1) is 15.8. The number of hydrogen-bond acceptors (Lipinski definition) is 4. The Morgan fingerprint density at radius 2 is 2.18 bits per heavy atom. The molecule has 4 nitrogen and oxygen atoms in total. The molecule has 0 amide bonds. The van der Waals surface area contributed by atoms with Gasteiger partial charge in [-0.15, -0.1) is 0 Å². The highest BCUT2D eigenvalue weighted by Crippen LogP contribution is 2.21. The Morgan fingerprint density at radius 1 is 1.32 bits per heavy atom. The van der Waals surface area contributed by atoms with Crippen molar-refractivity contribution in [2.24, 2.45) is 4.99 Å². The summed E-state index contributed by atoms with van der Waals surface area (Å²) in [5.41, 5.74) is 1.21. The van der Waals surface area contributed by atoms with E-state index in [1.54, 1.807) is 0 Å². The van der Waals surface area contributed by atoms with Crippen LogP contribution in [0, 0.1) is 0 Å². The van der Waals surface area contributed by atoms with Crippen LogP contribution in [0.25, 0.3) is 0 Å². The zero-order valence-electron chi connectivity index (χ0n) is 13.3. The predicted molar refractivity (Wildman–Crippen MR) is 92.7 cm³/mol. The smallest absolute Gasteiger partial charge is 0.115 e. The first-order valence-electron chi connectivity index (χ1n) is 8.26. The number of halogens is 1. The van der Waals surface area contributed by atoms with Gasteiger partial charge in [0.1, 0.15) is 5.84 Å². The van der Waals surface area contributed by atoms with Gasteiger partial charge in [0.05, 0.1) is 12.6 Å². The van der Waals surface area contributed by atoms with Crippen LogP contribution in [-0.2, 0) is 6.54 Å². The average Bonchev–Trinajstić information content (AvgIpc) is 3.05. The minimum Gasteiger partial charge on any atom is -0.371 e. The lowest BCUT2D eigenvalue weighted by molar-refractivity contribution is 0.0992. The lowest BCUT2D eigenvalue weighted by Gasteiger charge is -2.41. The normalized spacial score (nSPS) is 23.4. The van der Waals surface area contributed by atoms with E-state index in [4.69, 9.17) is 11.6 Å². The molecule has 5 heteroatoms. The molecule has 1 fully saturated rings. The number of aliphatic imine (C=N–C) groups is 1. The van der Waals surface area contributed by atoms with E-state index in [1.165, 1.54) is 18.5 Å². The number of hydrogen-bond donors (Lipinski definition) is 1. The Balaban J connectivity index is 1.74. The lowest BCUT2D eigenvalue weighted by Crippen LogP contribution is -2.58. The van der Waals surface area contributed by atoms with Crippen LogP contribution in [-0.4, -0.2) is 60.9 Å². The van der Waals surface area contributed by atoms with Crippen molar-refractivity contribution < 1.29 is 0 Å². The molecular weight excluding hydrogens is 296 g/mol. The first-order valence-corrected chi connectivity index (χ1v) is 8.63. The molecule has 2 aliphatic heterocycles. The van der Waals surface area contributed by atoms with Crippen LogP contribution in [0.1, 0.15) is 18.9 Å². The number of benzene rings is 1. The second-order valence-corrected chi connectivity index (χ2v) is 6.48. The lowest BCUT2D eigenvalue weighted by atomic mass is 10.1. The van der Waals surface area contributed by atoms with Gasteiger partial charge in [-0.2, -0.15) is 0 Å². The van der Waals surface area contributed by atoms with E-state index in [-0.39, 0.29) is 0 Å². The van der Waals surface area contributed by atoms with Gasteiger partial charge in [-0.25, -0.2) is 0 Å². The highest BCUT2D eigenvalue weighted by Gasteiger charge is 2.31. The van der Waals surface area contributed by atoms with Gasteiger partial charge in [-0.05, 0) is 24.6 Å². The van der Waals surface area contributed by atoms with Crippen LogP contribution >= 0.6 is 11.6 Å². The third-order valence-corrected chi connectivity index (χ3v) is 4.83. The Morgan fingerprint density at radius 3 is 2.91 bits per heavy atom. The second-order valence-electron chi connectivity index (χ2n) is 6.07. The molecule has 1 aromatic carbocycles. The van der Waals surface area contributed by atoms with Crippen molar-refractivity contribution in [3.05, 3.63) is 34.9 Å². The van der Waals surface area contributed by atoms with Gasteiger partial charge < -0.3 is 10.2 Å². The van der Waals surface area contributed by atoms with E-state index in [1.807, 2.05) is 12.1 Å². The fourth-order valence-corrected chi connectivity index (χ4v) is 3.53. The van der Waals surface area contributed by atoms with E-state index in [0.29, 0.717) is 6.04 Å². The number of rotatable bonds is 5. The fourth-order valence-electron chi connectivity index (χ4n) is 3.33. The second kappa shape index (κ2) is 7.44. The molecule has 2 heterocycles. The minimum absolute atomic E-state index is 0.360. The summed E-state index contributed by atoms with van der Waals surface area (Å²) >= 11 is 6.35. The number of amidine groups is 1. The topological polar surface area (TPSA) is 30.9 Å². The highest BCUT2D eigenvalue weighted by molar-refractivity contribution is 6.31. The summed E-state index contributed by atoms with van der Waals surface area (Å²) in [4.78, 5) is 9.74. The molecule has 1 saturated heterocycles. The Kier molecular flexibility index (Phi) is 5.34. The largest absolute Gasteiger partial charge is 0.371 e. The molecule has 0 aliphatic carbocycles. The van der Waals surface area contributed by atoms with Crippen molar-refractivity contribution in [2.45, 2.75) is 25.9 Å². The van der Waals surface area contributed by atoms with Crippen molar-refractivity contribution in [3.8, 4) is 0 Å². The summed E-state index contributed by atoms with van der Waals surface area (Å²) in [6.07, 6.45) is 1.21. The average molecular weight is 321 g/mol. The van der Waals surface area contributed by atoms with Gasteiger partial charge in [-0.3, -0.25) is 9.89 Å². The highest BCUT2D eigenvalue weighted by atomic mass is 35.5. The molecular formula is C17H25ClN4. The molecule has 0 saturated carbocycles. The van der Waals surface area contributed by atoms with Crippen molar-refractivity contribution in [2.75, 3.05) is 39.3 Å². The van der Waals surface area contributed by atoms with Crippen LogP contribution in [0.15, 0.2) is 29.3 Å². The standard InChI is InChI=1S/C17H25ClN4/c1-2-9-21-10-11-22(12-14-5-3-4-6-15(14)18)16(13-21)17-19-7-8-20-17/h3-6,16H,2,7-13H2,1H3,(H,19,20). The van der Waals surface area contributed by atoms with Gasteiger partial charge in [0, 0.05) is 37.7 Å². The van der Waals surface area contributed by atoms with Gasteiger partial charge in [-0.1, -0.05) is 36.7 Å². The van der Waals surface area contributed by atoms with Crippen molar-refractivity contribution >= 4 is 17.4 Å². The third-order valence-electron chi connectivity index (χ3n) is 4.46. The SMILES string of the molecule is CCCN1CCN(Cc2ccccc2Cl)C(C2=NCCN2)C1. The predicted octanol–water partition coefficient (Wildman–Crippen LogP) is 2.24. The molecule has 1 aromatic rings. The van der Waals surface area contributed by atoms with Gasteiger partial charge in [0.15, 0.2) is 0 Å². The monoisotopic (exact) mass is 320 g/mol. The van der Waals surface area contributed by atoms with Gasteiger partial charge in [0.2, 0.25) is 0 Å². The maximum absolute atomic E-state index is 6.35. The van der Waals surface area contributed by atoms with E-state index in [0.717, 1.165) is 50.1 Å². The zero-order chi connectivity index (χ0) is 15.4. The Hall–Kier alpha value is -1.10. The molecule has 2 aliphatic rings. The van der Waals surface area contributed by atoms with Gasteiger partial charge in [0.25, 0.3) is 0 Å². The summed E-state index contributed by atoms with van der Waals surface area (Å²) < 4.78 is 0. The number of piperazine rings is 1. The van der Waals surface area contributed by atoms with E-state index < -0.39 is 0 Å². The minimum atomic E-state index is 0.360. The van der Waals surface area contributed by atoms with E-state index in [9.17, 15) is 0 Å². The molecule has 120 valence electrons. The molecule has 1 N–H and O–H groups in total. The zero-order valence-corrected chi connectivity index (χ0v) is 14.0. The number of nitrogens with zero attached hydrogens (tertiary/aromatic N) is 3. The van der Waals surface area contributed by atoms with E-state index >= 15 is 0 Å². The molecule has 0 aromatic heterocycles. The summed E-state index contributed by atoms with van der Waals surface area (Å²) in [7, 11) is 0. The van der Waals surface area contributed by atoms with Crippen LogP contribution in [0.3, 0.4) is 0 Å². The van der Waals surface area contributed by atoms with Crippen molar-refractivity contribution in [3.63, 3.8) is 0 Å². The Bertz CT molecular complexity index is 531. The molecule has 1 unspecified atom stereocenters. The first-order chi connectivity index (χ1) is 10.8. The maximum atomic E-state index is 6.35. The summed E-state index contributed by atoms with van der Waals surface area (Å²) in [5, 5.41) is 4.33. The van der Waals surface area contributed by atoms with E-state index in [2.05, 4.69) is 39.2 Å². The molecule has 0 spiro atoms. The fraction of sp³-hybridized carbons (Fsp3) is 0.588. The van der Waals surface area contributed by atoms with Crippen LogP contribution in [0.4, 0.5) is 0 Å². The molecule has 22 heavy (non-hydrogen) atoms. The quantitative estimate of drug-likeness (QED) is 0.902. The van der Waals surface area contributed by atoms with Crippen molar-refractivity contribution in [1.82, 2.24) is 15.1 Å². The van der Waals surface area contributed by atoms with Crippen molar-refractivity contribution in [1.29, 1.82) is 0 Å². The molecule has 0 bridgehead atoms. The van der Waals surface area contributed by atoms with Crippen LogP contribution in [0.2, 0.25) is 5.02 Å². The third kappa shape index (κ3) is 3.62. The van der Waals surface area contributed by atoms with Crippen LogP contribution in [0.5, 0.6) is 0 Å². The van der Waals surface area contributed by atoms with Crippen LogP contribution < -0.4 is 5.32 Å². The van der Waals surface area contributed by atoms with Gasteiger partial charge >= 0.3 is 0 Å². The maximum Gasteiger partial charge on any atom is 0.115 e. The molecule has 3 rings (SSSR count). The Labute approximate surface area is 138 Å². The summed E-state index contributed by atoms with van der Waals surface area (Å²) in [5.74, 6) is 1.16. The summed E-state index contributed by atoms with van der Waals surface area (Å²) in [6.45, 7) is 9.44.